The molecule has 2 atom stereocenters. The van der Waals surface area contributed by atoms with Gasteiger partial charge in [-0.15, -0.1) is 0 Å². The second kappa shape index (κ2) is 9.00. The lowest BCUT2D eigenvalue weighted by molar-refractivity contribution is -0.143. The quantitative estimate of drug-likeness (QED) is 0.534. The molecule has 4 aliphatic rings. The van der Waals surface area contributed by atoms with Crippen LogP contribution in [0.1, 0.15) is 62.0 Å². The Hall–Kier alpha value is -3.25. The van der Waals surface area contributed by atoms with E-state index >= 15 is 0 Å². The lowest BCUT2D eigenvalue weighted by atomic mass is 9.52. The van der Waals surface area contributed by atoms with Crippen molar-refractivity contribution in [1.29, 1.82) is 0 Å². The molecule has 1 aromatic heterocycles. The number of halogens is 3. The van der Waals surface area contributed by atoms with Crippen molar-refractivity contribution in [2.75, 3.05) is 7.11 Å². The number of ether oxygens (including phenoxy) is 2. The minimum atomic E-state index is -4.86. The molecule has 4 fully saturated rings. The molecule has 4 bridgehead atoms. The van der Waals surface area contributed by atoms with Crippen molar-refractivity contribution in [2.45, 2.75) is 69.3 Å². The number of carbonyl (C=O) groups is 3. The van der Waals surface area contributed by atoms with Crippen LogP contribution in [0.15, 0.2) is 12.3 Å². The monoisotopic (exact) mass is 513 g/mol. The molecular weight excluding hydrogens is 483 g/mol. The van der Waals surface area contributed by atoms with Gasteiger partial charge in [-0.25, -0.2) is 14.3 Å². The van der Waals surface area contributed by atoms with Gasteiger partial charge in [0, 0.05) is 12.2 Å². The molecule has 198 valence electrons. The van der Waals surface area contributed by atoms with Crippen LogP contribution in [0, 0.1) is 17.8 Å². The van der Waals surface area contributed by atoms with Gasteiger partial charge >= 0.3 is 18.4 Å². The van der Waals surface area contributed by atoms with Crippen LogP contribution in [0.2, 0.25) is 0 Å². The number of rotatable bonds is 6. The Balaban J connectivity index is 1.54. The summed E-state index contributed by atoms with van der Waals surface area (Å²) in [4.78, 5) is 36.0. The third-order valence-corrected chi connectivity index (χ3v) is 7.38. The average Bonchev–Trinajstić information content (AvgIpc) is 3.18. The topological polar surface area (TPSA) is 138 Å². The SMILES string of the molecule is COC(=O)NC(C)(C)/C=C/n1ncc(C(=O)NC2C3CC4CC2CC(OC(N)=O)(C4)C3)c1C(F)(F)F. The van der Waals surface area contributed by atoms with Crippen molar-refractivity contribution >= 4 is 24.3 Å². The average molecular weight is 514 g/mol. The van der Waals surface area contributed by atoms with Gasteiger partial charge in [0.1, 0.15) is 5.60 Å². The number of alkyl carbamates (subject to hydrolysis) is 1. The van der Waals surface area contributed by atoms with Crippen molar-refractivity contribution < 1.29 is 37.0 Å². The summed E-state index contributed by atoms with van der Waals surface area (Å²) in [6.07, 6.45) is 0.166. The van der Waals surface area contributed by atoms with E-state index in [-0.39, 0.29) is 17.9 Å². The molecule has 0 saturated heterocycles. The third kappa shape index (κ3) is 5.14. The molecule has 0 radical (unpaired) electrons. The zero-order valence-electron chi connectivity index (χ0n) is 20.2. The molecule has 5 rings (SSSR count). The van der Waals surface area contributed by atoms with Crippen LogP contribution in [0.4, 0.5) is 22.8 Å². The molecule has 0 aliphatic heterocycles. The first-order valence-corrected chi connectivity index (χ1v) is 11.7. The van der Waals surface area contributed by atoms with E-state index < -0.39 is 46.7 Å². The Morgan fingerprint density at radius 2 is 1.83 bits per heavy atom. The molecule has 3 amide bonds. The summed E-state index contributed by atoms with van der Waals surface area (Å²) in [6.45, 7) is 3.12. The number of primary amides is 1. The molecule has 13 heteroatoms. The molecule has 0 aromatic carbocycles. The summed E-state index contributed by atoms with van der Waals surface area (Å²) in [5.74, 6) is -0.574. The maximum absolute atomic E-state index is 14.0. The number of nitrogens with zero attached hydrogens (tertiary/aromatic N) is 2. The highest BCUT2D eigenvalue weighted by molar-refractivity contribution is 5.95. The maximum Gasteiger partial charge on any atom is 0.434 e. The number of aromatic nitrogens is 2. The number of nitrogens with one attached hydrogen (secondary N) is 2. The predicted octanol–water partition coefficient (Wildman–Crippen LogP) is 3.28. The van der Waals surface area contributed by atoms with Gasteiger partial charge in [0.15, 0.2) is 5.69 Å². The van der Waals surface area contributed by atoms with Crippen molar-refractivity contribution in [3.63, 3.8) is 0 Å². The minimum absolute atomic E-state index is 0.0194. The largest absolute Gasteiger partial charge is 0.453 e. The highest BCUT2D eigenvalue weighted by Crippen LogP contribution is 2.57. The fraction of sp³-hybridized carbons (Fsp3) is 0.652. The summed E-state index contributed by atoms with van der Waals surface area (Å²) in [7, 11) is 1.17. The number of alkyl halides is 3. The molecule has 1 heterocycles. The molecule has 1 aromatic rings. The zero-order chi connectivity index (χ0) is 26.5. The summed E-state index contributed by atoms with van der Waals surface area (Å²) >= 11 is 0. The summed E-state index contributed by atoms with van der Waals surface area (Å²) in [5.41, 5.74) is 1.75. The van der Waals surface area contributed by atoms with Crippen LogP contribution in [0.3, 0.4) is 0 Å². The van der Waals surface area contributed by atoms with Crippen LogP contribution < -0.4 is 16.4 Å². The van der Waals surface area contributed by atoms with E-state index in [9.17, 15) is 27.6 Å². The zero-order valence-corrected chi connectivity index (χ0v) is 20.2. The van der Waals surface area contributed by atoms with E-state index in [4.69, 9.17) is 10.5 Å². The molecule has 10 nitrogen and oxygen atoms in total. The minimum Gasteiger partial charge on any atom is -0.453 e. The first-order valence-electron chi connectivity index (χ1n) is 11.7. The standard InChI is InChI=1S/C23H30F3N5O5/c1-21(2,30-20(34)35-3)4-5-31-17(23(24,25)26)15(11-28-31)18(32)29-16-13-6-12-7-14(16)10-22(8-12,9-13)36-19(27)33/h4-5,11-14,16H,6-10H2,1-3H3,(H2,27,33)(H,29,32)(H,30,34)/b5-4+. The van der Waals surface area contributed by atoms with E-state index in [0.29, 0.717) is 23.4 Å². The van der Waals surface area contributed by atoms with Crippen LogP contribution in [0.25, 0.3) is 6.20 Å². The van der Waals surface area contributed by atoms with Gasteiger partial charge in [-0.05, 0) is 69.8 Å². The number of amides is 3. The Morgan fingerprint density at radius 3 is 2.39 bits per heavy atom. The first kappa shape index (κ1) is 25.8. The lowest BCUT2D eigenvalue weighted by Gasteiger charge is -2.58. The Kier molecular flexibility index (Phi) is 6.46. The Morgan fingerprint density at radius 1 is 1.19 bits per heavy atom. The number of nitrogens with two attached hydrogens (primary N) is 1. The van der Waals surface area contributed by atoms with E-state index in [0.717, 1.165) is 31.7 Å². The van der Waals surface area contributed by atoms with E-state index in [2.05, 4.69) is 20.5 Å². The summed E-state index contributed by atoms with van der Waals surface area (Å²) in [6, 6.07) is -0.332. The van der Waals surface area contributed by atoms with Gasteiger partial charge in [0.25, 0.3) is 5.91 Å². The third-order valence-electron chi connectivity index (χ3n) is 7.38. The van der Waals surface area contributed by atoms with Crippen molar-refractivity contribution in [3.05, 3.63) is 23.5 Å². The molecule has 36 heavy (non-hydrogen) atoms. The second-order valence-electron chi connectivity index (χ2n) is 10.6. The second-order valence-corrected chi connectivity index (χ2v) is 10.6. The fourth-order valence-electron chi connectivity index (χ4n) is 6.29. The van der Waals surface area contributed by atoms with Crippen LogP contribution >= 0.6 is 0 Å². The molecular formula is C23H30F3N5O5. The molecule has 4 N–H and O–H groups in total. The fourth-order valence-corrected chi connectivity index (χ4v) is 6.29. The maximum atomic E-state index is 14.0. The Bertz CT molecular complexity index is 1070. The highest BCUT2D eigenvalue weighted by Gasteiger charge is 2.57. The van der Waals surface area contributed by atoms with E-state index in [1.54, 1.807) is 13.8 Å². The molecule has 0 spiro atoms. The molecule has 4 saturated carbocycles. The Labute approximate surface area is 205 Å². The van der Waals surface area contributed by atoms with Crippen LogP contribution in [0.5, 0.6) is 0 Å². The lowest BCUT2D eigenvalue weighted by Crippen LogP contribution is -2.63. The van der Waals surface area contributed by atoms with E-state index in [1.165, 1.54) is 13.2 Å². The first-order chi connectivity index (χ1) is 16.7. The number of hydrogen-bond donors (Lipinski definition) is 3. The van der Waals surface area contributed by atoms with Crippen LogP contribution in [-0.2, 0) is 15.7 Å². The smallest absolute Gasteiger partial charge is 0.434 e. The molecule has 2 unspecified atom stereocenters. The van der Waals surface area contributed by atoms with Gasteiger partial charge < -0.3 is 25.8 Å². The van der Waals surface area contributed by atoms with Crippen molar-refractivity contribution in [1.82, 2.24) is 20.4 Å². The summed E-state index contributed by atoms with van der Waals surface area (Å²) < 4.78 is 52.6. The van der Waals surface area contributed by atoms with Gasteiger partial charge in [-0.3, -0.25) is 4.79 Å². The summed E-state index contributed by atoms with van der Waals surface area (Å²) in [5, 5.41) is 9.06. The highest BCUT2D eigenvalue weighted by atomic mass is 19.4. The number of hydrogen-bond acceptors (Lipinski definition) is 6. The van der Waals surface area contributed by atoms with Crippen molar-refractivity contribution in [2.24, 2.45) is 23.5 Å². The van der Waals surface area contributed by atoms with Gasteiger partial charge in [-0.1, -0.05) is 0 Å². The van der Waals surface area contributed by atoms with E-state index in [1.807, 2.05) is 0 Å². The predicted molar refractivity (Wildman–Crippen MR) is 120 cm³/mol. The molecule has 4 aliphatic carbocycles. The number of methoxy groups -OCH3 is 1. The van der Waals surface area contributed by atoms with Crippen molar-refractivity contribution in [3.8, 4) is 0 Å². The number of carbonyl (C=O) groups excluding carboxylic acids is 3. The van der Waals surface area contributed by atoms with Gasteiger partial charge in [0.2, 0.25) is 0 Å². The van der Waals surface area contributed by atoms with Gasteiger partial charge in [0.05, 0.1) is 24.4 Å². The normalized spacial score (nSPS) is 29.3. The van der Waals surface area contributed by atoms with Gasteiger partial charge in [-0.2, -0.15) is 18.3 Å². The van der Waals surface area contributed by atoms with Crippen LogP contribution in [-0.4, -0.2) is 52.2 Å².